The molecule has 0 spiro atoms. The van der Waals surface area contributed by atoms with E-state index in [4.69, 9.17) is 9.47 Å². The minimum atomic E-state index is -4.62. The van der Waals surface area contributed by atoms with E-state index in [2.05, 4.69) is 15.6 Å². The first-order chi connectivity index (χ1) is 12.9. The summed E-state index contributed by atoms with van der Waals surface area (Å²) in [6.07, 6.45) is -2.96. The summed E-state index contributed by atoms with van der Waals surface area (Å²) in [4.78, 5) is 4.17. The summed E-state index contributed by atoms with van der Waals surface area (Å²) >= 11 is 0. The number of benzene rings is 1. The fraction of sp³-hybridized carbons (Fsp3) is 0.611. The van der Waals surface area contributed by atoms with E-state index in [1.54, 1.807) is 7.11 Å². The van der Waals surface area contributed by atoms with Gasteiger partial charge in [0.1, 0.15) is 5.82 Å². The highest BCUT2D eigenvalue weighted by molar-refractivity contribution is 14.0. The normalized spacial score (nSPS) is 11.9. The molecule has 0 aromatic heterocycles. The van der Waals surface area contributed by atoms with Gasteiger partial charge in [-0.15, -0.1) is 24.0 Å². The standard InChI is InChI=1S/C18H27F4N3O2.HI/c1-3-23-17(24-8-4-5-9-27-11-10-26-2)25-13-14-6-7-15(19)12-16(14)18(20,21)22;/h6-7,12H,3-5,8-11,13H2,1-2H3,(H2,23,24,25);1H. The summed E-state index contributed by atoms with van der Waals surface area (Å²) in [5.74, 6) is -0.511. The molecule has 10 heteroatoms. The molecular formula is C18H28F4IN3O2. The molecule has 2 N–H and O–H groups in total. The van der Waals surface area contributed by atoms with E-state index in [9.17, 15) is 17.6 Å². The van der Waals surface area contributed by atoms with E-state index >= 15 is 0 Å². The lowest BCUT2D eigenvalue weighted by molar-refractivity contribution is -0.138. The number of methoxy groups -OCH3 is 1. The largest absolute Gasteiger partial charge is 0.416 e. The molecule has 5 nitrogen and oxygen atoms in total. The predicted octanol–water partition coefficient (Wildman–Crippen LogP) is 3.96. The molecule has 0 saturated carbocycles. The number of aliphatic imine (C=N–C) groups is 1. The van der Waals surface area contributed by atoms with Crippen LogP contribution in [0.3, 0.4) is 0 Å². The molecule has 0 aliphatic heterocycles. The van der Waals surface area contributed by atoms with E-state index in [0.29, 0.717) is 44.9 Å². The number of hydrogen-bond donors (Lipinski definition) is 2. The number of nitrogens with one attached hydrogen (secondary N) is 2. The van der Waals surface area contributed by atoms with Gasteiger partial charge in [0.2, 0.25) is 0 Å². The van der Waals surface area contributed by atoms with Gasteiger partial charge in [-0.3, -0.25) is 0 Å². The molecule has 0 aliphatic rings. The maximum Gasteiger partial charge on any atom is 0.416 e. The second-order valence-electron chi connectivity index (χ2n) is 5.73. The molecule has 1 rings (SSSR count). The number of unbranched alkanes of at least 4 members (excludes halogenated alkanes) is 1. The zero-order valence-electron chi connectivity index (χ0n) is 16.1. The van der Waals surface area contributed by atoms with Crippen molar-refractivity contribution in [2.45, 2.75) is 32.5 Å². The van der Waals surface area contributed by atoms with Gasteiger partial charge in [-0.1, -0.05) is 6.07 Å². The summed E-state index contributed by atoms with van der Waals surface area (Å²) in [7, 11) is 1.61. The molecule has 28 heavy (non-hydrogen) atoms. The fourth-order valence-corrected chi connectivity index (χ4v) is 2.24. The van der Waals surface area contributed by atoms with Crippen LogP contribution in [0, 0.1) is 5.82 Å². The molecule has 1 aromatic rings. The van der Waals surface area contributed by atoms with Gasteiger partial charge >= 0.3 is 6.18 Å². The van der Waals surface area contributed by atoms with Crippen LogP contribution < -0.4 is 10.6 Å². The minimum absolute atomic E-state index is 0. The Kier molecular flexibility index (Phi) is 14.2. The predicted molar refractivity (Wildman–Crippen MR) is 112 cm³/mol. The summed E-state index contributed by atoms with van der Waals surface area (Å²) in [5.41, 5.74) is -1.08. The Labute approximate surface area is 180 Å². The van der Waals surface area contributed by atoms with E-state index in [1.165, 1.54) is 0 Å². The molecule has 162 valence electrons. The van der Waals surface area contributed by atoms with E-state index in [0.717, 1.165) is 25.0 Å². The maximum atomic E-state index is 13.2. The van der Waals surface area contributed by atoms with Crippen LogP contribution in [0.1, 0.15) is 30.9 Å². The number of rotatable bonds is 11. The van der Waals surface area contributed by atoms with Gasteiger partial charge in [-0.25, -0.2) is 9.38 Å². The highest BCUT2D eigenvalue weighted by Gasteiger charge is 2.33. The first-order valence-electron chi connectivity index (χ1n) is 8.83. The summed E-state index contributed by atoms with van der Waals surface area (Å²) in [6, 6.07) is 2.61. The van der Waals surface area contributed by atoms with Gasteiger partial charge in [-0.05, 0) is 37.5 Å². The lowest BCUT2D eigenvalue weighted by Crippen LogP contribution is -2.37. The lowest BCUT2D eigenvalue weighted by atomic mass is 10.1. The first kappa shape index (κ1) is 26.9. The third kappa shape index (κ3) is 11.0. The Hall–Kier alpha value is -1.14. The van der Waals surface area contributed by atoms with Crippen molar-refractivity contribution in [3.63, 3.8) is 0 Å². The molecule has 0 unspecified atom stereocenters. The van der Waals surface area contributed by atoms with Crippen molar-refractivity contribution >= 4 is 29.9 Å². The van der Waals surface area contributed by atoms with Gasteiger partial charge in [0.25, 0.3) is 0 Å². The molecule has 0 amide bonds. The maximum absolute atomic E-state index is 13.2. The number of nitrogens with zero attached hydrogens (tertiary/aromatic N) is 1. The highest BCUT2D eigenvalue weighted by atomic mass is 127. The summed E-state index contributed by atoms with van der Waals surface area (Å²) < 4.78 is 62.5. The zero-order valence-corrected chi connectivity index (χ0v) is 18.4. The summed E-state index contributed by atoms with van der Waals surface area (Å²) in [5, 5.41) is 6.04. The van der Waals surface area contributed by atoms with Gasteiger partial charge < -0.3 is 20.1 Å². The van der Waals surface area contributed by atoms with Gasteiger partial charge in [0, 0.05) is 26.8 Å². The number of alkyl halides is 3. The Morgan fingerprint density at radius 2 is 1.86 bits per heavy atom. The first-order valence-corrected chi connectivity index (χ1v) is 8.83. The van der Waals surface area contributed by atoms with Crippen LogP contribution >= 0.6 is 24.0 Å². The van der Waals surface area contributed by atoms with Crippen molar-refractivity contribution in [2.24, 2.45) is 4.99 Å². The molecule has 0 aliphatic carbocycles. The van der Waals surface area contributed by atoms with Gasteiger partial charge in [0.15, 0.2) is 5.96 Å². The average Bonchev–Trinajstić information content (AvgIpc) is 2.61. The van der Waals surface area contributed by atoms with Crippen LogP contribution in [0.5, 0.6) is 0 Å². The second kappa shape index (κ2) is 14.8. The quantitative estimate of drug-likeness (QED) is 0.152. The molecule has 1 aromatic carbocycles. The molecule has 0 atom stereocenters. The highest BCUT2D eigenvalue weighted by Crippen LogP contribution is 2.32. The summed E-state index contributed by atoms with van der Waals surface area (Å²) in [6.45, 7) is 4.55. The molecule has 0 fully saturated rings. The third-order valence-corrected chi connectivity index (χ3v) is 3.57. The van der Waals surface area contributed by atoms with E-state index in [-0.39, 0.29) is 36.1 Å². The van der Waals surface area contributed by atoms with Gasteiger partial charge in [-0.2, -0.15) is 13.2 Å². The van der Waals surface area contributed by atoms with Crippen molar-refractivity contribution in [1.29, 1.82) is 0 Å². The number of guanidine groups is 1. The molecule has 0 bridgehead atoms. The topological polar surface area (TPSA) is 54.9 Å². The smallest absolute Gasteiger partial charge is 0.382 e. The zero-order chi connectivity index (χ0) is 20.1. The van der Waals surface area contributed by atoms with Crippen LogP contribution in [0.15, 0.2) is 23.2 Å². The monoisotopic (exact) mass is 521 g/mol. The third-order valence-electron chi connectivity index (χ3n) is 3.57. The van der Waals surface area contributed by atoms with Crippen molar-refractivity contribution < 1.29 is 27.0 Å². The van der Waals surface area contributed by atoms with Crippen molar-refractivity contribution in [1.82, 2.24) is 10.6 Å². The van der Waals surface area contributed by atoms with Crippen LogP contribution in [-0.4, -0.2) is 46.0 Å². The fourth-order valence-electron chi connectivity index (χ4n) is 2.24. The van der Waals surface area contributed by atoms with E-state index in [1.807, 2.05) is 6.92 Å². The Bertz CT molecular complexity index is 586. The SMILES string of the molecule is CCNC(=NCc1ccc(F)cc1C(F)(F)F)NCCCCOCCOC.I. The number of ether oxygens (including phenoxy) is 2. The number of halogens is 5. The van der Waals surface area contributed by atoms with Crippen molar-refractivity contribution in [2.75, 3.05) is 40.0 Å². The molecule has 0 heterocycles. The van der Waals surface area contributed by atoms with Crippen LogP contribution in [-0.2, 0) is 22.2 Å². The van der Waals surface area contributed by atoms with Crippen molar-refractivity contribution in [3.8, 4) is 0 Å². The van der Waals surface area contributed by atoms with Crippen molar-refractivity contribution in [3.05, 3.63) is 35.1 Å². The minimum Gasteiger partial charge on any atom is -0.382 e. The van der Waals surface area contributed by atoms with Crippen LogP contribution in [0.4, 0.5) is 17.6 Å². The lowest BCUT2D eigenvalue weighted by Gasteiger charge is -2.14. The Balaban J connectivity index is 0.00000729. The Morgan fingerprint density at radius 3 is 2.50 bits per heavy atom. The van der Waals surface area contributed by atoms with Crippen LogP contribution in [0.2, 0.25) is 0 Å². The van der Waals surface area contributed by atoms with Crippen LogP contribution in [0.25, 0.3) is 0 Å². The Morgan fingerprint density at radius 1 is 1.11 bits per heavy atom. The molecule has 0 saturated heterocycles. The second-order valence-corrected chi connectivity index (χ2v) is 5.73. The number of hydrogen-bond acceptors (Lipinski definition) is 3. The van der Waals surface area contributed by atoms with Gasteiger partial charge in [0.05, 0.1) is 25.3 Å². The molecular weight excluding hydrogens is 493 g/mol. The molecule has 0 radical (unpaired) electrons. The van der Waals surface area contributed by atoms with E-state index < -0.39 is 17.6 Å². The average molecular weight is 521 g/mol.